The SMILES string of the molecule is OC(c1cc(F)c(F)cc1Cl)C1CCOc2ccccc21. The zero-order valence-corrected chi connectivity index (χ0v) is 11.8. The van der Waals surface area contributed by atoms with Crippen LogP contribution in [-0.2, 0) is 0 Å². The second-order valence-corrected chi connectivity index (χ2v) is 5.42. The lowest BCUT2D eigenvalue weighted by Gasteiger charge is -2.30. The minimum absolute atomic E-state index is 0.0189. The van der Waals surface area contributed by atoms with Crippen molar-refractivity contribution in [1.29, 1.82) is 0 Å². The van der Waals surface area contributed by atoms with E-state index in [1.165, 1.54) is 0 Å². The molecule has 0 fully saturated rings. The molecule has 2 aromatic carbocycles. The third-order valence-corrected chi connectivity index (χ3v) is 4.07. The zero-order chi connectivity index (χ0) is 15.0. The second kappa shape index (κ2) is 5.62. The largest absolute Gasteiger partial charge is 0.493 e. The molecule has 2 unspecified atom stereocenters. The van der Waals surface area contributed by atoms with E-state index < -0.39 is 17.7 Å². The van der Waals surface area contributed by atoms with Crippen LogP contribution in [0.1, 0.15) is 29.6 Å². The minimum atomic E-state index is -1.02. The van der Waals surface area contributed by atoms with Gasteiger partial charge in [0.25, 0.3) is 0 Å². The Labute approximate surface area is 125 Å². The van der Waals surface area contributed by atoms with Crippen LogP contribution in [0.2, 0.25) is 5.02 Å². The van der Waals surface area contributed by atoms with E-state index >= 15 is 0 Å². The highest BCUT2D eigenvalue weighted by molar-refractivity contribution is 6.31. The average Bonchev–Trinajstić information content (AvgIpc) is 2.49. The van der Waals surface area contributed by atoms with Gasteiger partial charge in [-0.2, -0.15) is 0 Å². The summed E-state index contributed by atoms with van der Waals surface area (Å²) in [6.07, 6.45) is -0.439. The van der Waals surface area contributed by atoms with Crippen LogP contribution in [0.4, 0.5) is 8.78 Å². The Morgan fingerprint density at radius 2 is 1.90 bits per heavy atom. The quantitative estimate of drug-likeness (QED) is 0.842. The van der Waals surface area contributed by atoms with E-state index in [2.05, 4.69) is 0 Å². The van der Waals surface area contributed by atoms with E-state index in [4.69, 9.17) is 16.3 Å². The molecule has 2 aromatic rings. The number of fused-ring (bicyclic) bond motifs is 1. The Hall–Kier alpha value is -1.65. The summed E-state index contributed by atoms with van der Waals surface area (Å²) in [6.45, 7) is 0.458. The van der Waals surface area contributed by atoms with Crippen LogP contribution in [0.5, 0.6) is 5.75 Å². The van der Waals surface area contributed by atoms with Crippen LogP contribution >= 0.6 is 11.6 Å². The van der Waals surface area contributed by atoms with Gasteiger partial charge in [0, 0.05) is 22.1 Å². The predicted molar refractivity (Wildman–Crippen MR) is 75.6 cm³/mol. The van der Waals surface area contributed by atoms with E-state index in [0.717, 1.165) is 17.7 Å². The molecule has 0 bridgehead atoms. The Morgan fingerprint density at radius 3 is 2.71 bits per heavy atom. The normalized spacial score (nSPS) is 18.8. The maximum atomic E-state index is 13.4. The number of aliphatic hydroxyl groups is 1. The summed E-state index contributed by atoms with van der Waals surface area (Å²) in [5, 5.41) is 10.6. The molecule has 1 aliphatic rings. The summed E-state index contributed by atoms with van der Waals surface area (Å²) in [5.74, 6) is -1.61. The van der Waals surface area contributed by atoms with E-state index in [1.54, 1.807) is 0 Å². The molecule has 2 nitrogen and oxygen atoms in total. The lowest BCUT2D eigenvalue weighted by molar-refractivity contribution is 0.117. The summed E-state index contributed by atoms with van der Waals surface area (Å²) in [4.78, 5) is 0. The highest BCUT2D eigenvalue weighted by Gasteiger charge is 2.30. The van der Waals surface area contributed by atoms with Crippen molar-refractivity contribution < 1.29 is 18.6 Å². The van der Waals surface area contributed by atoms with Gasteiger partial charge < -0.3 is 9.84 Å². The van der Waals surface area contributed by atoms with Gasteiger partial charge in [-0.15, -0.1) is 0 Å². The molecule has 1 heterocycles. The number of hydrogen-bond acceptors (Lipinski definition) is 2. The number of ether oxygens (including phenoxy) is 1. The van der Waals surface area contributed by atoms with Crippen LogP contribution in [-0.4, -0.2) is 11.7 Å². The fourth-order valence-corrected chi connectivity index (χ4v) is 2.94. The molecule has 0 spiro atoms. The maximum Gasteiger partial charge on any atom is 0.160 e. The summed E-state index contributed by atoms with van der Waals surface area (Å²) in [6, 6.07) is 9.22. The van der Waals surface area contributed by atoms with E-state index in [0.29, 0.717) is 18.8 Å². The van der Waals surface area contributed by atoms with Crippen LogP contribution in [0.25, 0.3) is 0 Å². The van der Waals surface area contributed by atoms with E-state index in [1.807, 2.05) is 24.3 Å². The molecular formula is C16H13ClF2O2. The van der Waals surface area contributed by atoms with E-state index in [-0.39, 0.29) is 16.5 Å². The molecule has 5 heteroatoms. The van der Waals surface area contributed by atoms with Gasteiger partial charge in [0.05, 0.1) is 12.7 Å². The van der Waals surface area contributed by atoms with Crippen molar-refractivity contribution >= 4 is 11.6 Å². The first kappa shape index (κ1) is 14.3. The summed E-state index contributed by atoms with van der Waals surface area (Å²) in [5.41, 5.74) is 1.04. The highest BCUT2D eigenvalue weighted by Crippen LogP contribution is 2.43. The number of para-hydroxylation sites is 1. The van der Waals surface area contributed by atoms with Gasteiger partial charge >= 0.3 is 0 Å². The molecular weight excluding hydrogens is 298 g/mol. The molecule has 2 atom stereocenters. The molecule has 0 saturated carbocycles. The fraction of sp³-hybridized carbons (Fsp3) is 0.250. The molecule has 0 saturated heterocycles. The van der Waals surface area contributed by atoms with Crippen molar-refractivity contribution in [2.24, 2.45) is 0 Å². The molecule has 1 aliphatic heterocycles. The Balaban J connectivity index is 2.00. The second-order valence-electron chi connectivity index (χ2n) is 5.01. The lowest BCUT2D eigenvalue weighted by Crippen LogP contribution is -2.20. The number of aliphatic hydroxyl groups excluding tert-OH is 1. The van der Waals surface area contributed by atoms with Crippen LogP contribution in [0.3, 0.4) is 0 Å². The standard InChI is InChI=1S/C16H13ClF2O2/c17-12-8-14(19)13(18)7-11(12)16(20)10-5-6-21-15-4-2-1-3-9(10)15/h1-4,7-8,10,16,20H,5-6H2. The summed E-state index contributed by atoms with van der Waals surface area (Å²) < 4.78 is 32.1. The van der Waals surface area contributed by atoms with Gasteiger partial charge in [-0.1, -0.05) is 29.8 Å². The van der Waals surface area contributed by atoms with Crippen molar-refractivity contribution in [2.75, 3.05) is 6.61 Å². The van der Waals surface area contributed by atoms with Gasteiger partial charge in [-0.05, 0) is 24.6 Å². The number of rotatable bonds is 2. The smallest absolute Gasteiger partial charge is 0.160 e. The van der Waals surface area contributed by atoms with Crippen LogP contribution in [0, 0.1) is 11.6 Å². The molecule has 0 aliphatic carbocycles. The van der Waals surface area contributed by atoms with Crippen molar-refractivity contribution in [2.45, 2.75) is 18.4 Å². The lowest BCUT2D eigenvalue weighted by atomic mass is 9.85. The maximum absolute atomic E-state index is 13.4. The summed E-state index contributed by atoms with van der Waals surface area (Å²) >= 11 is 5.94. The highest BCUT2D eigenvalue weighted by atomic mass is 35.5. The van der Waals surface area contributed by atoms with Crippen molar-refractivity contribution in [3.63, 3.8) is 0 Å². The number of hydrogen-bond donors (Lipinski definition) is 1. The fourth-order valence-electron chi connectivity index (χ4n) is 2.68. The van der Waals surface area contributed by atoms with E-state index in [9.17, 15) is 13.9 Å². The molecule has 3 rings (SSSR count). The van der Waals surface area contributed by atoms with Gasteiger partial charge in [0.2, 0.25) is 0 Å². The van der Waals surface area contributed by atoms with Gasteiger partial charge in [0.1, 0.15) is 5.75 Å². The molecule has 0 aromatic heterocycles. The molecule has 21 heavy (non-hydrogen) atoms. The molecule has 0 amide bonds. The predicted octanol–water partition coefficient (Wildman–Crippen LogP) is 4.22. The van der Waals surface area contributed by atoms with Gasteiger partial charge in [0.15, 0.2) is 11.6 Å². The monoisotopic (exact) mass is 310 g/mol. The Bertz CT molecular complexity index is 675. The van der Waals surface area contributed by atoms with Crippen LogP contribution in [0.15, 0.2) is 36.4 Å². The molecule has 110 valence electrons. The van der Waals surface area contributed by atoms with Crippen LogP contribution < -0.4 is 4.74 Å². The average molecular weight is 311 g/mol. The Kier molecular flexibility index (Phi) is 3.83. The van der Waals surface area contributed by atoms with Crippen molar-refractivity contribution in [1.82, 2.24) is 0 Å². The molecule has 1 N–H and O–H groups in total. The first-order valence-corrected chi connectivity index (χ1v) is 7.00. The molecule has 0 radical (unpaired) electrons. The third-order valence-electron chi connectivity index (χ3n) is 3.74. The van der Waals surface area contributed by atoms with Crippen molar-refractivity contribution in [3.05, 3.63) is 64.2 Å². The minimum Gasteiger partial charge on any atom is -0.493 e. The Morgan fingerprint density at radius 1 is 1.19 bits per heavy atom. The first-order chi connectivity index (χ1) is 10.1. The third kappa shape index (κ3) is 2.61. The number of halogens is 3. The number of benzene rings is 2. The van der Waals surface area contributed by atoms with Gasteiger partial charge in [-0.3, -0.25) is 0 Å². The van der Waals surface area contributed by atoms with Gasteiger partial charge in [-0.25, -0.2) is 8.78 Å². The zero-order valence-electron chi connectivity index (χ0n) is 11.0. The summed E-state index contributed by atoms with van der Waals surface area (Å²) in [7, 11) is 0. The first-order valence-electron chi connectivity index (χ1n) is 6.62. The topological polar surface area (TPSA) is 29.5 Å². The van der Waals surface area contributed by atoms with Crippen molar-refractivity contribution in [3.8, 4) is 5.75 Å².